The van der Waals surface area contributed by atoms with E-state index in [1.165, 1.54) is 0 Å². The van der Waals surface area contributed by atoms with Crippen LogP contribution >= 0.6 is 0 Å². The van der Waals surface area contributed by atoms with Gasteiger partial charge in [0.25, 0.3) is 0 Å². The fourth-order valence-corrected chi connectivity index (χ4v) is 5.99. The lowest BCUT2D eigenvalue weighted by atomic mass is 9.45. The second-order valence-corrected chi connectivity index (χ2v) is 9.39. The predicted octanol–water partition coefficient (Wildman–Crippen LogP) is 3.95. The van der Waals surface area contributed by atoms with Crippen molar-refractivity contribution < 1.29 is 19.1 Å². The zero-order chi connectivity index (χ0) is 18.2. The number of hydrogen-bond donors (Lipinski definition) is 0. The van der Waals surface area contributed by atoms with Gasteiger partial charge >= 0.3 is 5.97 Å². The van der Waals surface area contributed by atoms with Gasteiger partial charge in [-0.25, -0.2) is 4.79 Å². The molecule has 0 aromatic rings. The first-order valence-corrected chi connectivity index (χ1v) is 9.43. The summed E-state index contributed by atoms with van der Waals surface area (Å²) < 4.78 is 11.9. The summed E-state index contributed by atoms with van der Waals surface area (Å²) in [5.41, 5.74) is -0.270. The summed E-state index contributed by atoms with van der Waals surface area (Å²) >= 11 is 0. The Labute approximate surface area is 149 Å². The summed E-state index contributed by atoms with van der Waals surface area (Å²) in [6.45, 7) is 10.6. The van der Waals surface area contributed by atoms with Gasteiger partial charge < -0.3 is 9.47 Å². The Balaban J connectivity index is 1.81. The minimum atomic E-state index is -0.507. The molecule has 0 aromatic carbocycles. The molecule has 0 saturated heterocycles. The van der Waals surface area contributed by atoms with Gasteiger partial charge in [-0.2, -0.15) is 0 Å². The zero-order valence-corrected chi connectivity index (χ0v) is 15.8. The molecular formula is C21H28O4. The van der Waals surface area contributed by atoms with Crippen LogP contribution in [0.1, 0.15) is 60.3 Å². The third-order valence-corrected chi connectivity index (χ3v) is 7.34. The molecule has 0 bridgehead atoms. The second kappa shape index (κ2) is 4.99. The van der Waals surface area contributed by atoms with Crippen LogP contribution in [0.4, 0.5) is 0 Å². The second-order valence-electron chi connectivity index (χ2n) is 9.39. The molecule has 5 atom stereocenters. The molecule has 1 saturated carbocycles. The number of hydrogen-bond acceptors (Lipinski definition) is 4. The first-order chi connectivity index (χ1) is 11.6. The van der Waals surface area contributed by atoms with Crippen molar-refractivity contribution in [2.75, 3.05) is 0 Å². The van der Waals surface area contributed by atoms with E-state index in [1.54, 1.807) is 6.08 Å². The fraction of sp³-hybridized carbons (Fsp3) is 0.714. The van der Waals surface area contributed by atoms with Gasteiger partial charge in [0, 0.05) is 17.8 Å². The monoisotopic (exact) mass is 344 g/mol. The van der Waals surface area contributed by atoms with Gasteiger partial charge in [-0.3, -0.25) is 4.79 Å². The highest BCUT2D eigenvalue weighted by molar-refractivity contribution is 5.97. The molecule has 0 unspecified atom stereocenters. The fourth-order valence-electron chi connectivity index (χ4n) is 5.99. The molecule has 0 N–H and O–H groups in total. The molecule has 4 aliphatic rings. The van der Waals surface area contributed by atoms with Crippen LogP contribution in [0.5, 0.6) is 0 Å². The molecule has 4 heteroatoms. The number of esters is 1. The van der Waals surface area contributed by atoms with Crippen molar-refractivity contribution in [3.8, 4) is 0 Å². The van der Waals surface area contributed by atoms with E-state index in [2.05, 4.69) is 33.8 Å². The Kier molecular flexibility index (Phi) is 3.36. The lowest BCUT2D eigenvalue weighted by molar-refractivity contribution is -0.184. The zero-order valence-electron chi connectivity index (χ0n) is 15.8. The standard InChI is InChI=1S/C21H28O4/c1-12-10-14-13(18(23)24-12)11-16-20(4,25-14)9-6-15-19(2,3)8-7-17(22)21(15,16)5/h7-8,12,15-16H,6,9-11H2,1-5H3/t12-,15-,16+,20-,21-/m0/s1. The van der Waals surface area contributed by atoms with E-state index in [9.17, 15) is 9.59 Å². The van der Waals surface area contributed by atoms with Crippen LogP contribution in [-0.2, 0) is 19.1 Å². The highest BCUT2D eigenvalue weighted by atomic mass is 16.6. The smallest absolute Gasteiger partial charge is 0.337 e. The van der Waals surface area contributed by atoms with Gasteiger partial charge in [-0.1, -0.05) is 26.8 Å². The van der Waals surface area contributed by atoms with Crippen molar-refractivity contribution in [2.24, 2.45) is 22.7 Å². The first-order valence-electron chi connectivity index (χ1n) is 9.43. The molecule has 0 radical (unpaired) electrons. The molecule has 2 aliphatic carbocycles. The minimum Gasteiger partial charge on any atom is -0.491 e. The molecular weight excluding hydrogens is 316 g/mol. The van der Waals surface area contributed by atoms with Gasteiger partial charge in [-0.15, -0.1) is 0 Å². The highest BCUT2D eigenvalue weighted by Gasteiger charge is 2.63. The minimum absolute atomic E-state index is 0.00446. The van der Waals surface area contributed by atoms with Crippen molar-refractivity contribution in [1.29, 1.82) is 0 Å². The van der Waals surface area contributed by atoms with Crippen LogP contribution in [0, 0.1) is 22.7 Å². The van der Waals surface area contributed by atoms with Crippen LogP contribution in [0.2, 0.25) is 0 Å². The third-order valence-electron chi connectivity index (χ3n) is 7.34. The van der Waals surface area contributed by atoms with Crippen molar-refractivity contribution in [1.82, 2.24) is 0 Å². The molecule has 4 nitrogen and oxygen atoms in total. The van der Waals surface area contributed by atoms with E-state index < -0.39 is 11.0 Å². The topological polar surface area (TPSA) is 52.6 Å². The van der Waals surface area contributed by atoms with E-state index in [-0.39, 0.29) is 35.1 Å². The molecule has 2 aliphatic heterocycles. The van der Waals surface area contributed by atoms with Crippen LogP contribution in [-0.4, -0.2) is 23.5 Å². The van der Waals surface area contributed by atoms with Crippen molar-refractivity contribution in [3.63, 3.8) is 0 Å². The largest absolute Gasteiger partial charge is 0.491 e. The molecule has 0 aromatic heterocycles. The Hall–Kier alpha value is -1.58. The maximum absolute atomic E-state index is 13.1. The summed E-state index contributed by atoms with van der Waals surface area (Å²) in [6, 6.07) is 0. The third kappa shape index (κ3) is 2.18. The number of fused-ring (bicyclic) bond motifs is 3. The Bertz CT molecular complexity index is 715. The maximum Gasteiger partial charge on any atom is 0.337 e. The molecule has 0 amide bonds. The van der Waals surface area contributed by atoms with Crippen molar-refractivity contribution in [3.05, 3.63) is 23.5 Å². The Morgan fingerprint density at radius 2 is 1.80 bits per heavy atom. The van der Waals surface area contributed by atoms with E-state index in [1.807, 2.05) is 6.92 Å². The molecule has 0 spiro atoms. The summed E-state index contributed by atoms with van der Waals surface area (Å²) in [5, 5.41) is 0. The summed E-state index contributed by atoms with van der Waals surface area (Å²) in [7, 11) is 0. The van der Waals surface area contributed by atoms with Crippen molar-refractivity contribution >= 4 is 11.8 Å². The van der Waals surface area contributed by atoms with E-state index in [0.717, 1.165) is 18.6 Å². The lowest BCUT2D eigenvalue weighted by Gasteiger charge is -2.61. The van der Waals surface area contributed by atoms with Gasteiger partial charge in [-0.05, 0) is 50.5 Å². The van der Waals surface area contributed by atoms with Gasteiger partial charge in [0.15, 0.2) is 5.78 Å². The number of rotatable bonds is 0. The van der Waals surface area contributed by atoms with Crippen LogP contribution in [0.25, 0.3) is 0 Å². The summed E-state index contributed by atoms with van der Waals surface area (Å²) in [5.74, 6) is 0.968. The van der Waals surface area contributed by atoms with E-state index in [0.29, 0.717) is 18.4 Å². The number of allylic oxidation sites excluding steroid dienone is 2. The number of ether oxygens (including phenoxy) is 2. The number of ketones is 1. The lowest BCUT2D eigenvalue weighted by Crippen LogP contribution is -2.62. The van der Waals surface area contributed by atoms with E-state index in [4.69, 9.17) is 9.47 Å². The van der Waals surface area contributed by atoms with Crippen LogP contribution in [0.3, 0.4) is 0 Å². The van der Waals surface area contributed by atoms with Gasteiger partial charge in [0.1, 0.15) is 17.5 Å². The van der Waals surface area contributed by atoms with Gasteiger partial charge in [0.05, 0.1) is 5.57 Å². The molecule has 25 heavy (non-hydrogen) atoms. The summed E-state index contributed by atoms with van der Waals surface area (Å²) in [6.07, 6.45) is 6.79. The van der Waals surface area contributed by atoms with Crippen LogP contribution < -0.4 is 0 Å². The number of carbonyl (C=O) groups excluding carboxylic acids is 2. The average molecular weight is 344 g/mol. The quantitative estimate of drug-likeness (QED) is 0.624. The molecule has 2 heterocycles. The number of carbonyl (C=O) groups is 2. The van der Waals surface area contributed by atoms with E-state index >= 15 is 0 Å². The number of cyclic esters (lactones) is 1. The Morgan fingerprint density at radius 1 is 1.08 bits per heavy atom. The highest BCUT2D eigenvalue weighted by Crippen LogP contribution is 2.63. The average Bonchev–Trinajstić information content (AvgIpc) is 2.49. The Morgan fingerprint density at radius 3 is 2.52 bits per heavy atom. The van der Waals surface area contributed by atoms with Crippen LogP contribution in [0.15, 0.2) is 23.5 Å². The van der Waals surface area contributed by atoms with Gasteiger partial charge in [0.2, 0.25) is 0 Å². The molecule has 1 fully saturated rings. The molecule has 136 valence electrons. The normalized spacial score (nSPS) is 45.1. The SMILES string of the molecule is C[C@H]1CC2=C(C[C@H]3[C@@]4(C)C(=O)C=CC(C)(C)[C@@H]4CC[C@]3(C)O2)C(=O)O1. The predicted molar refractivity (Wildman–Crippen MR) is 93.6 cm³/mol. The summed E-state index contributed by atoms with van der Waals surface area (Å²) in [4.78, 5) is 25.5. The van der Waals surface area contributed by atoms with Crippen molar-refractivity contribution in [2.45, 2.75) is 72.0 Å². The molecule has 4 rings (SSSR count). The maximum atomic E-state index is 13.1. The first kappa shape index (κ1) is 16.9.